The smallest absolute Gasteiger partial charge is 0.141 e. The predicted octanol–water partition coefficient (Wildman–Crippen LogP) is 8.23. The summed E-state index contributed by atoms with van der Waals surface area (Å²) in [5, 5.41) is 3.29. The van der Waals surface area contributed by atoms with Gasteiger partial charge < -0.3 is 15.6 Å². The van der Waals surface area contributed by atoms with E-state index >= 15 is 0 Å². The maximum absolute atomic E-state index is 6.29. The number of allylic oxidation sites excluding steroid dienone is 1. The number of fused-ring (bicyclic) bond motifs is 13. The van der Waals surface area contributed by atoms with Crippen molar-refractivity contribution < 1.29 is 0 Å². The maximum atomic E-state index is 6.29. The summed E-state index contributed by atoms with van der Waals surface area (Å²) in [6.07, 6.45) is 21.0. The van der Waals surface area contributed by atoms with E-state index in [1.807, 2.05) is 17.5 Å². The van der Waals surface area contributed by atoms with Crippen LogP contribution in [0.1, 0.15) is 87.5 Å². The topological polar surface area (TPSA) is 57.4 Å². The van der Waals surface area contributed by atoms with Crippen molar-refractivity contribution >= 4 is 39.3 Å². The van der Waals surface area contributed by atoms with Crippen LogP contribution >= 0.6 is 11.3 Å². The second kappa shape index (κ2) is 11.9. The molecule has 0 unspecified atom stereocenters. The van der Waals surface area contributed by atoms with Crippen LogP contribution in [-0.4, -0.2) is 28.8 Å². The van der Waals surface area contributed by atoms with Crippen LogP contribution in [0.15, 0.2) is 53.1 Å². The van der Waals surface area contributed by atoms with Crippen LogP contribution in [0.25, 0.3) is 16.5 Å². The van der Waals surface area contributed by atoms with Crippen LogP contribution in [0, 0.1) is 5.92 Å². The van der Waals surface area contributed by atoms with Crippen molar-refractivity contribution in [3.63, 3.8) is 0 Å². The van der Waals surface area contributed by atoms with E-state index in [-0.39, 0.29) is 0 Å². The van der Waals surface area contributed by atoms with Gasteiger partial charge in [-0.05, 0) is 66.8 Å². The van der Waals surface area contributed by atoms with Crippen LogP contribution < -0.4 is 5.73 Å². The number of nitrogens with one attached hydrogen (secondary N) is 1. The Morgan fingerprint density at radius 3 is 2.49 bits per heavy atom. The first-order valence-corrected chi connectivity index (χ1v) is 14.6. The van der Waals surface area contributed by atoms with Gasteiger partial charge in [0.15, 0.2) is 0 Å². The number of hydrogen-bond donors (Lipinski definition) is 2. The number of amidine groups is 1. The molecule has 1 saturated heterocycles. The van der Waals surface area contributed by atoms with Crippen molar-refractivity contribution in [2.45, 2.75) is 77.0 Å². The van der Waals surface area contributed by atoms with Gasteiger partial charge in [0.2, 0.25) is 0 Å². The molecule has 0 saturated carbocycles. The molecule has 35 heavy (non-hydrogen) atoms. The third kappa shape index (κ3) is 6.38. The number of H-pyrrole nitrogens is 1. The van der Waals surface area contributed by atoms with Crippen LogP contribution in [0.4, 0.5) is 5.69 Å². The Labute approximate surface area is 214 Å². The molecule has 4 nitrogen and oxygen atoms in total. The molecule has 1 fully saturated rings. The van der Waals surface area contributed by atoms with Crippen LogP contribution in [0.2, 0.25) is 0 Å². The zero-order chi connectivity index (χ0) is 23.9. The fourth-order valence-corrected chi connectivity index (χ4v) is 6.36. The minimum atomic E-state index is 0.586. The molecule has 2 aromatic heterocycles. The summed E-state index contributed by atoms with van der Waals surface area (Å²) in [7, 11) is 0. The maximum Gasteiger partial charge on any atom is 0.141 e. The fraction of sp³-hybridized carbons (Fsp3) is 0.500. The summed E-state index contributed by atoms with van der Waals surface area (Å²) in [6.45, 7) is 2.40. The molecule has 6 rings (SSSR count). The van der Waals surface area contributed by atoms with E-state index in [1.165, 1.54) is 106 Å². The average molecular weight is 489 g/mol. The van der Waals surface area contributed by atoms with E-state index < -0.39 is 0 Å². The van der Waals surface area contributed by atoms with Crippen LogP contribution in [0.5, 0.6) is 0 Å². The molecule has 0 spiro atoms. The minimum absolute atomic E-state index is 0.586. The average Bonchev–Trinajstić information content (AvgIpc) is 3.55. The van der Waals surface area contributed by atoms with Crippen LogP contribution in [-0.2, 0) is 0 Å². The van der Waals surface area contributed by atoms with Crippen LogP contribution in [0.3, 0.4) is 0 Å². The Hall–Kier alpha value is -2.53. The van der Waals surface area contributed by atoms with E-state index in [0.29, 0.717) is 5.84 Å². The third-order valence-electron chi connectivity index (χ3n) is 7.83. The van der Waals surface area contributed by atoms with E-state index in [1.54, 1.807) is 11.3 Å². The number of benzene rings is 1. The highest BCUT2D eigenvalue weighted by molar-refractivity contribution is 7.12. The SMILES string of the molecule is NC(=Nc1ccc2[nH]cc(C3=CN4CCC(CCCCCCCCCC3)CC4)c2c1)c1cccs1. The van der Waals surface area contributed by atoms with Crippen molar-refractivity contribution in [3.05, 3.63) is 58.5 Å². The summed E-state index contributed by atoms with van der Waals surface area (Å²) in [6, 6.07) is 10.4. The van der Waals surface area contributed by atoms with Gasteiger partial charge in [0.05, 0.1) is 10.6 Å². The van der Waals surface area contributed by atoms with E-state index in [2.05, 4.69) is 40.5 Å². The highest BCUT2D eigenvalue weighted by Gasteiger charge is 2.19. The molecule has 186 valence electrons. The molecule has 5 heterocycles. The first kappa shape index (κ1) is 24.2. The summed E-state index contributed by atoms with van der Waals surface area (Å²) >= 11 is 1.63. The van der Waals surface area contributed by atoms with Crippen molar-refractivity contribution in [1.29, 1.82) is 0 Å². The molecule has 1 aromatic carbocycles. The lowest BCUT2D eigenvalue weighted by molar-refractivity contribution is 0.231. The number of aromatic nitrogens is 1. The van der Waals surface area contributed by atoms with Gasteiger partial charge in [0.1, 0.15) is 5.84 Å². The quantitative estimate of drug-likeness (QED) is 0.288. The number of piperidine rings is 1. The Bertz CT molecular complexity index is 1130. The Kier molecular flexibility index (Phi) is 8.25. The zero-order valence-corrected chi connectivity index (χ0v) is 21.8. The number of nitrogens with zero attached hydrogens (tertiary/aromatic N) is 2. The molecular formula is C30H40N4S. The second-order valence-electron chi connectivity index (χ2n) is 10.4. The molecule has 0 radical (unpaired) electrons. The molecule has 2 bridgehead atoms. The minimum Gasteiger partial charge on any atom is -0.383 e. The van der Waals surface area contributed by atoms with Crippen molar-refractivity contribution in [3.8, 4) is 0 Å². The molecule has 0 amide bonds. The lowest BCUT2D eigenvalue weighted by atomic mass is 9.90. The summed E-state index contributed by atoms with van der Waals surface area (Å²) in [5.41, 5.74) is 11.2. The van der Waals surface area contributed by atoms with Crippen molar-refractivity contribution in [2.75, 3.05) is 13.1 Å². The lowest BCUT2D eigenvalue weighted by Crippen LogP contribution is -2.29. The van der Waals surface area contributed by atoms with Gasteiger partial charge >= 0.3 is 0 Å². The lowest BCUT2D eigenvalue weighted by Gasteiger charge is -2.32. The van der Waals surface area contributed by atoms with Gasteiger partial charge in [-0.2, -0.15) is 0 Å². The number of aliphatic imine (C=N–C) groups is 1. The first-order valence-electron chi connectivity index (χ1n) is 13.7. The molecule has 3 aliphatic heterocycles. The number of hydrogen-bond acceptors (Lipinski definition) is 3. The van der Waals surface area contributed by atoms with Gasteiger partial charge in [0, 0.05) is 42.0 Å². The first-order chi connectivity index (χ1) is 17.3. The molecule has 3 aliphatic rings. The third-order valence-corrected chi connectivity index (χ3v) is 8.72. The monoisotopic (exact) mass is 488 g/mol. The zero-order valence-electron chi connectivity index (χ0n) is 21.0. The number of rotatable bonds is 3. The number of aromatic amines is 1. The largest absolute Gasteiger partial charge is 0.383 e. The summed E-state index contributed by atoms with van der Waals surface area (Å²) in [4.78, 5) is 11.9. The predicted molar refractivity (Wildman–Crippen MR) is 151 cm³/mol. The van der Waals surface area contributed by atoms with Gasteiger partial charge in [-0.1, -0.05) is 57.4 Å². The normalized spacial score (nSPS) is 19.8. The van der Waals surface area contributed by atoms with Gasteiger partial charge in [0.25, 0.3) is 0 Å². The number of nitrogens with two attached hydrogens (primary N) is 1. The van der Waals surface area contributed by atoms with Crippen molar-refractivity contribution in [1.82, 2.24) is 9.88 Å². The standard InChI is InChI=1S/C30H40N4S/c31-30(29-12-9-19-35-29)33-25-13-14-28-26(20-25)27(21-32-28)24-11-8-6-4-2-1-3-5-7-10-23-15-17-34(22-24)18-16-23/h9,12-14,19-23,32H,1-8,10-11,15-18H2,(H2,31,33). The van der Waals surface area contributed by atoms with E-state index in [0.717, 1.165) is 22.9 Å². The summed E-state index contributed by atoms with van der Waals surface area (Å²) < 4.78 is 0. The van der Waals surface area contributed by atoms with E-state index in [4.69, 9.17) is 10.7 Å². The van der Waals surface area contributed by atoms with Gasteiger partial charge in [-0.15, -0.1) is 11.3 Å². The Balaban J connectivity index is 1.41. The summed E-state index contributed by atoms with van der Waals surface area (Å²) in [5.74, 6) is 1.52. The van der Waals surface area contributed by atoms with Gasteiger partial charge in [-0.3, -0.25) is 0 Å². The molecular weight excluding hydrogens is 448 g/mol. The Morgan fingerprint density at radius 2 is 1.71 bits per heavy atom. The fourth-order valence-electron chi connectivity index (χ4n) is 5.73. The molecule has 3 N–H and O–H groups in total. The molecule has 0 atom stereocenters. The Morgan fingerprint density at radius 1 is 0.943 bits per heavy atom. The molecule has 0 aliphatic carbocycles. The van der Waals surface area contributed by atoms with E-state index in [9.17, 15) is 0 Å². The second-order valence-corrected chi connectivity index (χ2v) is 11.4. The number of thiophene rings is 1. The van der Waals surface area contributed by atoms with Gasteiger partial charge in [-0.25, -0.2) is 4.99 Å². The highest BCUT2D eigenvalue weighted by atomic mass is 32.1. The molecule has 3 aromatic rings. The van der Waals surface area contributed by atoms with Crippen molar-refractivity contribution in [2.24, 2.45) is 16.6 Å². The highest BCUT2D eigenvalue weighted by Crippen LogP contribution is 2.33. The molecule has 5 heteroatoms.